The molecule has 4 N–H and O–H groups in total. The molecule has 0 saturated carbocycles. The minimum atomic E-state index is -4.01. The molecule has 0 radical (unpaired) electrons. The highest BCUT2D eigenvalue weighted by molar-refractivity contribution is 7.89. The molecule has 0 saturated heterocycles. The molecule has 120 valence electrons. The van der Waals surface area contributed by atoms with Gasteiger partial charge in [-0.25, -0.2) is 13.6 Å². The average Bonchev–Trinajstić information content (AvgIpc) is 2.83. The first-order valence-electron chi connectivity index (χ1n) is 7.11. The molecule has 8 heteroatoms. The van der Waals surface area contributed by atoms with E-state index in [1.807, 2.05) is 27.7 Å². The summed E-state index contributed by atoms with van der Waals surface area (Å²) in [6.45, 7) is 7.72. The fourth-order valence-corrected chi connectivity index (χ4v) is 2.91. The van der Waals surface area contributed by atoms with Crippen molar-refractivity contribution in [2.24, 2.45) is 5.14 Å². The number of rotatable bonds is 7. The highest BCUT2D eigenvalue weighted by Gasteiger charge is 2.30. The standard InChI is InChI=1S/C13H24N4O3S/c1-5-8-9-11(21(14,19)20)10(17-16-9)12(18)15-13(4,6-2)7-3/h5-8H2,1-4H3,(H,15,18)(H,16,17)(H2,14,19,20). The quantitative estimate of drug-likeness (QED) is 0.703. The zero-order valence-electron chi connectivity index (χ0n) is 13.0. The van der Waals surface area contributed by atoms with E-state index in [0.29, 0.717) is 18.5 Å². The molecule has 7 nitrogen and oxygen atoms in total. The second kappa shape index (κ2) is 6.57. The second-order valence-electron chi connectivity index (χ2n) is 5.40. The fourth-order valence-electron chi connectivity index (χ4n) is 2.01. The van der Waals surface area contributed by atoms with Gasteiger partial charge in [-0.1, -0.05) is 27.2 Å². The lowest BCUT2D eigenvalue weighted by atomic mass is 9.95. The summed E-state index contributed by atoms with van der Waals surface area (Å²) in [5.74, 6) is -0.524. The number of hydrogen-bond acceptors (Lipinski definition) is 4. The lowest BCUT2D eigenvalue weighted by Gasteiger charge is -2.27. The van der Waals surface area contributed by atoms with E-state index in [2.05, 4.69) is 15.5 Å². The Balaban J connectivity index is 3.22. The monoisotopic (exact) mass is 316 g/mol. The number of aryl methyl sites for hydroxylation is 1. The summed E-state index contributed by atoms with van der Waals surface area (Å²) in [5, 5.41) is 14.5. The van der Waals surface area contributed by atoms with Gasteiger partial charge < -0.3 is 5.32 Å². The maximum absolute atomic E-state index is 12.3. The number of primary sulfonamides is 1. The van der Waals surface area contributed by atoms with Crippen LogP contribution in [0.2, 0.25) is 0 Å². The topological polar surface area (TPSA) is 118 Å². The van der Waals surface area contributed by atoms with Crippen molar-refractivity contribution in [3.8, 4) is 0 Å². The number of amides is 1. The fraction of sp³-hybridized carbons (Fsp3) is 0.692. The number of aromatic nitrogens is 2. The van der Waals surface area contributed by atoms with Crippen LogP contribution in [0, 0.1) is 0 Å². The Morgan fingerprint density at radius 2 is 1.90 bits per heavy atom. The van der Waals surface area contributed by atoms with Gasteiger partial charge in [0.15, 0.2) is 5.69 Å². The Morgan fingerprint density at radius 1 is 1.33 bits per heavy atom. The predicted molar refractivity (Wildman–Crippen MR) is 80.4 cm³/mol. The maximum Gasteiger partial charge on any atom is 0.273 e. The van der Waals surface area contributed by atoms with Crippen LogP contribution >= 0.6 is 0 Å². The van der Waals surface area contributed by atoms with E-state index in [1.165, 1.54) is 0 Å². The van der Waals surface area contributed by atoms with Crippen molar-refractivity contribution in [1.82, 2.24) is 15.5 Å². The molecule has 1 aromatic rings. The van der Waals surface area contributed by atoms with E-state index >= 15 is 0 Å². The van der Waals surface area contributed by atoms with Crippen molar-refractivity contribution >= 4 is 15.9 Å². The van der Waals surface area contributed by atoms with Crippen LogP contribution in [0.4, 0.5) is 0 Å². The molecule has 0 unspecified atom stereocenters. The van der Waals surface area contributed by atoms with Crippen molar-refractivity contribution in [2.75, 3.05) is 0 Å². The average molecular weight is 316 g/mol. The van der Waals surface area contributed by atoms with Crippen molar-refractivity contribution < 1.29 is 13.2 Å². The summed E-state index contributed by atoms with van der Waals surface area (Å²) < 4.78 is 23.5. The third kappa shape index (κ3) is 4.04. The number of H-pyrrole nitrogens is 1. The molecule has 1 aromatic heterocycles. The van der Waals surface area contributed by atoms with Gasteiger partial charge in [0.25, 0.3) is 5.91 Å². The molecule has 0 atom stereocenters. The molecule has 1 heterocycles. The molecule has 0 bridgehead atoms. The van der Waals surface area contributed by atoms with Gasteiger partial charge in [0.05, 0.1) is 5.69 Å². The first-order chi connectivity index (χ1) is 9.68. The third-order valence-electron chi connectivity index (χ3n) is 3.77. The number of hydrogen-bond donors (Lipinski definition) is 3. The SMILES string of the molecule is CCCc1[nH]nc(C(=O)NC(C)(CC)CC)c1S(N)(=O)=O. The number of nitrogens with two attached hydrogens (primary N) is 1. The zero-order valence-corrected chi connectivity index (χ0v) is 13.8. The van der Waals surface area contributed by atoms with Gasteiger partial charge in [-0.2, -0.15) is 5.10 Å². The Morgan fingerprint density at radius 3 is 2.33 bits per heavy atom. The molecule has 0 spiro atoms. The van der Waals surface area contributed by atoms with Crippen molar-refractivity contribution in [3.63, 3.8) is 0 Å². The van der Waals surface area contributed by atoms with Gasteiger partial charge in [-0.3, -0.25) is 9.89 Å². The summed E-state index contributed by atoms with van der Waals surface area (Å²) in [5.41, 5.74) is -0.190. The highest BCUT2D eigenvalue weighted by atomic mass is 32.2. The van der Waals surface area contributed by atoms with E-state index in [9.17, 15) is 13.2 Å². The maximum atomic E-state index is 12.3. The lowest BCUT2D eigenvalue weighted by Crippen LogP contribution is -2.45. The van der Waals surface area contributed by atoms with E-state index in [-0.39, 0.29) is 10.6 Å². The number of carbonyl (C=O) groups is 1. The Hall–Kier alpha value is -1.41. The molecule has 1 amide bonds. The molecular weight excluding hydrogens is 292 g/mol. The normalized spacial score (nSPS) is 12.4. The van der Waals surface area contributed by atoms with Gasteiger partial charge >= 0.3 is 0 Å². The Bertz CT molecular complexity index is 603. The van der Waals surface area contributed by atoms with Crippen LogP contribution in [-0.2, 0) is 16.4 Å². The first kappa shape index (κ1) is 17.6. The molecule has 0 aliphatic rings. The van der Waals surface area contributed by atoms with Gasteiger partial charge in [-0.15, -0.1) is 0 Å². The summed E-state index contributed by atoms with van der Waals surface area (Å²) in [7, 11) is -4.01. The molecule has 21 heavy (non-hydrogen) atoms. The van der Waals surface area contributed by atoms with Crippen molar-refractivity contribution in [1.29, 1.82) is 0 Å². The smallest absolute Gasteiger partial charge is 0.273 e. The second-order valence-corrected chi connectivity index (χ2v) is 6.90. The molecule has 0 aliphatic carbocycles. The molecule has 0 aromatic carbocycles. The summed E-state index contributed by atoms with van der Waals surface area (Å²) in [4.78, 5) is 12.2. The summed E-state index contributed by atoms with van der Waals surface area (Å²) in [6, 6.07) is 0. The minimum absolute atomic E-state index is 0.158. The third-order valence-corrected chi connectivity index (χ3v) is 4.78. The van der Waals surface area contributed by atoms with Gasteiger partial charge in [-0.05, 0) is 26.2 Å². The zero-order chi connectivity index (χ0) is 16.3. The predicted octanol–water partition coefficient (Wildman–Crippen LogP) is 1.32. The largest absolute Gasteiger partial charge is 0.345 e. The van der Waals surface area contributed by atoms with E-state index in [0.717, 1.165) is 12.8 Å². The first-order valence-corrected chi connectivity index (χ1v) is 8.65. The molecule has 0 fully saturated rings. The van der Waals surface area contributed by atoms with Crippen LogP contribution in [0.3, 0.4) is 0 Å². The Kier molecular flexibility index (Phi) is 5.52. The number of carbonyl (C=O) groups excluding carboxylic acids is 1. The Labute approximate surface area is 125 Å². The summed E-state index contributed by atoms with van der Waals surface area (Å²) >= 11 is 0. The summed E-state index contributed by atoms with van der Waals surface area (Å²) in [6.07, 6.45) is 2.64. The number of aromatic amines is 1. The van der Waals surface area contributed by atoms with E-state index < -0.39 is 21.5 Å². The van der Waals surface area contributed by atoms with Crippen LogP contribution in [-0.4, -0.2) is 30.1 Å². The number of nitrogens with one attached hydrogen (secondary N) is 2. The van der Waals surface area contributed by atoms with Crippen LogP contribution in [0.5, 0.6) is 0 Å². The van der Waals surface area contributed by atoms with E-state index in [1.54, 1.807) is 0 Å². The van der Waals surface area contributed by atoms with Crippen LogP contribution < -0.4 is 10.5 Å². The van der Waals surface area contributed by atoms with Crippen LogP contribution in [0.1, 0.15) is 63.1 Å². The number of nitrogens with zero attached hydrogens (tertiary/aromatic N) is 1. The molecule has 0 aliphatic heterocycles. The number of sulfonamides is 1. The molecular formula is C13H24N4O3S. The molecule has 1 rings (SSSR count). The van der Waals surface area contributed by atoms with Crippen molar-refractivity contribution in [3.05, 3.63) is 11.4 Å². The van der Waals surface area contributed by atoms with E-state index in [4.69, 9.17) is 5.14 Å². The highest BCUT2D eigenvalue weighted by Crippen LogP contribution is 2.20. The minimum Gasteiger partial charge on any atom is -0.345 e. The van der Waals surface area contributed by atoms with Crippen molar-refractivity contribution in [2.45, 2.75) is 63.8 Å². The van der Waals surface area contributed by atoms with Gasteiger partial charge in [0, 0.05) is 5.54 Å². The van der Waals surface area contributed by atoms with Crippen LogP contribution in [0.15, 0.2) is 4.90 Å². The van der Waals surface area contributed by atoms with Gasteiger partial charge in [0.1, 0.15) is 4.90 Å². The van der Waals surface area contributed by atoms with Crippen LogP contribution in [0.25, 0.3) is 0 Å². The lowest BCUT2D eigenvalue weighted by molar-refractivity contribution is 0.0892. The van der Waals surface area contributed by atoms with Gasteiger partial charge in [0.2, 0.25) is 10.0 Å².